The van der Waals surface area contributed by atoms with Crippen LogP contribution in [0.2, 0.25) is 0 Å². The van der Waals surface area contributed by atoms with Gasteiger partial charge in [0.05, 0.1) is 7.11 Å². The molecule has 1 aliphatic heterocycles. The second kappa shape index (κ2) is 6.00. The first-order chi connectivity index (χ1) is 9.05. The van der Waals surface area contributed by atoms with Crippen molar-refractivity contribution in [3.63, 3.8) is 0 Å². The zero-order valence-electron chi connectivity index (χ0n) is 12.0. The van der Waals surface area contributed by atoms with Gasteiger partial charge in [0.15, 0.2) is 0 Å². The van der Waals surface area contributed by atoms with E-state index in [1.807, 2.05) is 0 Å². The lowest BCUT2D eigenvalue weighted by Crippen LogP contribution is -2.05. The average molecular weight is 325 g/mol. The van der Waals surface area contributed by atoms with Gasteiger partial charge in [0, 0.05) is 22.9 Å². The van der Waals surface area contributed by atoms with Gasteiger partial charge in [-0.15, -0.1) is 0 Å². The number of hydrogen-bond donors (Lipinski definition) is 0. The molecule has 0 spiro atoms. The van der Waals surface area contributed by atoms with E-state index in [1.165, 1.54) is 11.1 Å². The summed E-state index contributed by atoms with van der Waals surface area (Å²) >= 11 is 3.55. The highest BCUT2D eigenvalue weighted by atomic mass is 79.9. The van der Waals surface area contributed by atoms with Crippen molar-refractivity contribution in [2.45, 2.75) is 33.3 Å². The molecule has 2 nitrogen and oxygen atoms in total. The molecule has 0 radical (unpaired) electrons. The van der Waals surface area contributed by atoms with Gasteiger partial charge in [-0.05, 0) is 25.0 Å². The highest BCUT2D eigenvalue weighted by Gasteiger charge is 2.21. The quantitative estimate of drug-likeness (QED) is 0.761. The molecule has 1 aromatic rings. The summed E-state index contributed by atoms with van der Waals surface area (Å²) < 4.78 is 11.3. The molecular formula is C16H21BrO2. The number of benzene rings is 1. The Morgan fingerprint density at radius 3 is 2.84 bits per heavy atom. The molecule has 0 N–H and O–H groups in total. The third-order valence-electron chi connectivity index (χ3n) is 3.49. The Morgan fingerprint density at radius 1 is 1.53 bits per heavy atom. The Morgan fingerprint density at radius 2 is 2.26 bits per heavy atom. The molecule has 1 heterocycles. The van der Waals surface area contributed by atoms with Crippen LogP contribution in [-0.2, 0) is 6.42 Å². The van der Waals surface area contributed by atoms with Crippen LogP contribution in [0.3, 0.4) is 0 Å². The van der Waals surface area contributed by atoms with Gasteiger partial charge in [-0.1, -0.05) is 41.4 Å². The summed E-state index contributed by atoms with van der Waals surface area (Å²) in [5.74, 6) is 2.44. The van der Waals surface area contributed by atoms with Gasteiger partial charge < -0.3 is 9.47 Å². The molecule has 0 bridgehead atoms. The Balaban J connectivity index is 2.43. The van der Waals surface area contributed by atoms with Gasteiger partial charge in [-0.25, -0.2) is 0 Å². The number of allylic oxidation sites excluding steroid dienone is 1. The molecule has 104 valence electrons. The van der Waals surface area contributed by atoms with Crippen LogP contribution >= 0.6 is 15.9 Å². The zero-order chi connectivity index (χ0) is 14.0. The van der Waals surface area contributed by atoms with E-state index in [1.54, 1.807) is 7.11 Å². The largest absolute Gasteiger partial charge is 0.496 e. The molecule has 0 saturated heterocycles. The molecule has 3 heteroatoms. The standard InChI is InChI=1S/C16H21BrO2/c1-10(2)14(9-17)6-13-8-16-12(5-11(3)19-16)7-15(13)18-4/h6-8,10-11H,5,9H2,1-4H3/b14-6-. The van der Waals surface area contributed by atoms with E-state index < -0.39 is 0 Å². The number of fused-ring (bicyclic) bond motifs is 1. The number of methoxy groups -OCH3 is 1. The molecule has 0 aliphatic carbocycles. The van der Waals surface area contributed by atoms with E-state index in [4.69, 9.17) is 9.47 Å². The molecule has 1 aliphatic rings. The van der Waals surface area contributed by atoms with Crippen LogP contribution in [0.15, 0.2) is 17.7 Å². The number of rotatable bonds is 4. The van der Waals surface area contributed by atoms with Crippen molar-refractivity contribution in [2.24, 2.45) is 5.92 Å². The fourth-order valence-electron chi connectivity index (χ4n) is 2.30. The van der Waals surface area contributed by atoms with Crippen LogP contribution in [0, 0.1) is 5.92 Å². The van der Waals surface area contributed by atoms with Crippen molar-refractivity contribution in [3.05, 3.63) is 28.8 Å². The summed E-state index contributed by atoms with van der Waals surface area (Å²) in [6.45, 7) is 6.50. The van der Waals surface area contributed by atoms with Gasteiger partial charge in [-0.3, -0.25) is 0 Å². The Hall–Kier alpha value is -0.960. The van der Waals surface area contributed by atoms with E-state index in [9.17, 15) is 0 Å². The fourth-order valence-corrected chi connectivity index (χ4v) is 3.11. The molecule has 0 saturated carbocycles. The van der Waals surface area contributed by atoms with Gasteiger partial charge >= 0.3 is 0 Å². The van der Waals surface area contributed by atoms with Crippen molar-refractivity contribution in [2.75, 3.05) is 12.4 Å². The lowest BCUT2D eigenvalue weighted by Gasteiger charge is -2.12. The second-order valence-electron chi connectivity index (χ2n) is 5.34. The predicted octanol–water partition coefficient (Wildman–Crippen LogP) is 4.45. The zero-order valence-corrected chi connectivity index (χ0v) is 13.6. The summed E-state index contributed by atoms with van der Waals surface area (Å²) in [7, 11) is 1.72. The molecule has 2 rings (SSSR count). The van der Waals surface area contributed by atoms with Crippen molar-refractivity contribution >= 4 is 22.0 Å². The number of alkyl halides is 1. The Bertz CT molecular complexity index is 492. The summed E-state index contributed by atoms with van der Waals surface area (Å²) in [5.41, 5.74) is 3.69. The normalized spacial score (nSPS) is 18.4. The lowest BCUT2D eigenvalue weighted by molar-refractivity contribution is 0.254. The van der Waals surface area contributed by atoms with E-state index in [2.05, 4.69) is 54.9 Å². The third kappa shape index (κ3) is 3.14. The number of hydrogen-bond acceptors (Lipinski definition) is 2. The molecule has 1 aromatic carbocycles. The van der Waals surface area contributed by atoms with Crippen molar-refractivity contribution in [3.8, 4) is 11.5 Å². The fraction of sp³-hybridized carbons (Fsp3) is 0.500. The van der Waals surface area contributed by atoms with Gasteiger partial charge in [0.25, 0.3) is 0 Å². The molecular weight excluding hydrogens is 304 g/mol. The summed E-state index contributed by atoms with van der Waals surface area (Å²) in [5, 5.41) is 0.877. The predicted molar refractivity (Wildman–Crippen MR) is 83.4 cm³/mol. The second-order valence-corrected chi connectivity index (χ2v) is 5.90. The molecule has 0 amide bonds. The first-order valence-corrected chi connectivity index (χ1v) is 7.81. The maximum Gasteiger partial charge on any atom is 0.126 e. The first kappa shape index (κ1) is 14.4. The molecule has 19 heavy (non-hydrogen) atoms. The van der Waals surface area contributed by atoms with E-state index in [0.29, 0.717) is 5.92 Å². The monoisotopic (exact) mass is 324 g/mol. The van der Waals surface area contributed by atoms with Crippen LogP contribution < -0.4 is 9.47 Å². The van der Waals surface area contributed by atoms with Crippen molar-refractivity contribution < 1.29 is 9.47 Å². The van der Waals surface area contributed by atoms with E-state index in [0.717, 1.165) is 28.8 Å². The SMILES string of the molecule is COc1cc2c(cc1/C=C(/CBr)C(C)C)OC(C)C2. The molecule has 0 aromatic heterocycles. The minimum Gasteiger partial charge on any atom is -0.496 e. The van der Waals surface area contributed by atoms with Gasteiger partial charge in [0.2, 0.25) is 0 Å². The maximum absolute atomic E-state index is 5.83. The molecule has 1 unspecified atom stereocenters. The van der Waals surface area contributed by atoms with Crippen LogP contribution in [0.5, 0.6) is 11.5 Å². The minimum absolute atomic E-state index is 0.264. The molecule has 0 fully saturated rings. The Labute approximate surface area is 123 Å². The number of halogens is 1. The van der Waals surface area contributed by atoms with Crippen molar-refractivity contribution in [1.82, 2.24) is 0 Å². The summed E-state index contributed by atoms with van der Waals surface area (Å²) in [6.07, 6.45) is 3.43. The minimum atomic E-state index is 0.264. The van der Waals surface area contributed by atoms with Crippen LogP contribution in [0.1, 0.15) is 31.9 Å². The first-order valence-electron chi connectivity index (χ1n) is 6.69. The summed E-state index contributed by atoms with van der Waals surface area (Å²) in [4.78, 5) is 0. The average Bonchev–Trinajstić information content (AvgIpc) is 2.73. The van der Waals surface area contributed by atoms with Crippen LogP contribution in [0.4, 0.5) is 0 Å². The maximum atomic E-state index is 5.83. The van der Waals surface area contributed by atoms with Gasteiger partial charge in [0.1, 0.15) is 17.6 Å². The summed E-state index contributed by atoms with van der Waals surface area (Å²) in [6, 6.07) is 4.21. The number of ether oxygens (including phenoxy) is 2. The van der Waals surface area contributed by atoms with E-state index >= 15 is 0 Å². The van der Waals surface area contributed by atoms with E-state index in [-0.39, 0.29) is 6.10 Å². The smallest absolute Gasteiger partial charge is 0.126 e. The topological polar surface area (TPSA) is 18.5 Å². The van der Waals surface area contributed by atoms with Gasteiger partial charge in [-0.2, -0.15) is 0 Å². The van der Waals surface area contributed by atoms with Crippen molar-refractivity contribution in [1.29, 1.82) is 0 Å². The van der Waals surface area contributed by atoms with Crippen LogP contribution in [0.25, 0.3) is 6.08 Å². The van der Waals surface area contributed by atoms with Crippen LogP contribution in [-0.4, -0.2) is 18.5 Å². The molecule has 1 atom stereocenters. The highest BCUT2D eigenvalue weighted by molar-refractivity contribution is 9.09. The third-order valence-corrected chi connectivity index (χ3v) is 4.13. The highest BCUT2D eigenvalue weighted by Crippen LogP contribution is 2.36. The lowest BCUT2D eigenvalue weighted by atomic mass is 10.00. The Kier molecular flexibility index (Phi) is 4.56.